The minimum atomic E-state index is -0.705. The van der Waals surface area contributed by atoms with Crippen LogP contribution in [0.25, 0.3) is 0 Å². The molecule has 1 aromatic heterocycles. The van der Waals surface area contributed by atoms with Crippen molar-refractivity contribution in [3.05, 3.63) is 24.2 Å². The van der Waals surface area contributed by atoms with Gasteiger partial charge in [0.05, 0.1) is 18.4 Å². The van der Waals surface area contributed by atoms with Crippen molar-refractivity contribution in [3.8, 4) is 0 Å². The van der Waals surface area contributed by atoms with Gasteiger partial charge < -0.3 is 20.2 Å². The highest BCUT2D eigenvalue weighted by atomic mass is 16.3. The Hall–Kier alpha value is -1.49. The predicted octanol–water partition coefficient (Wildman–Crippen LogP) is 1.93. The number of rotatable bonds is 8. The van der Waals surface area contributed by atoms with E-state index in [1.54, 1.807) is 6.26 Å². The van der Waals surface area contributed by atoms with E-state index in [1.807, 2.05) is 32.9 Å². The summed E-state index contributed by atoms with van der Waals surface area (Å²) >= 11 is 0. The smallest absolute Gasteiger partial charge is 0.191 e. The molecular weight excluding hydrogens is 254 g/mol. The number of guanidine groups is 1. The molecule has 20 heavy (non-hydrogen) atoms. The highest BCUT2D eigenvalue weighted by molar-refractivity contribution is 5.79. The van der Waals surface area contributed by atoms with Gasteiger partial charge in [0.15, 0.2) is 5.96 Å². The Kier molecular flexibility index (Phi) is 7.15. The quantitative estimate of drug-likeness (QED) is 0.503. The molecule has 0 unspecified atom stereocenters. The van der Waals surface area contributed by atoms with E-state index in [0.29, 0.717) is 19.4 Å². The van der Waals surface area contributed by atoms with Gasteiger partial charge in [0.25, 0.3) is 0 Å². The van der Waals surface area contributed by atoms with Crippen LogP contribution < -0.4 is 10.6 Å². The van der Waals surface area contributed by atoms with Gasteiger partial charge in [0, 0.05) is 19.5 Å². The second-order valence-electron chi connectivity index (χ2n) is 4.88. The fourth-order valence-electron chi connectivity index (χ4n) is 1.80. The molecule has 0 fully saturated rings. The Balaban J connectivity index is 2.46. The number of aliphatic hydroxyl groups is 1. The molecular formula is C15H27N3O2. The summed E-state index contributed by atoms with van der Waals surface area (Å²) in [5, 5.41) is 16.7. The molecule has 0 spiro atoms. The van der Waals surface area contributed by atoms with Crippen LogP contribution in [0.4, 0.5) is 0 Å². The molecule has 0 aliphatic heterocycles. The molecule has 0 saturated carbocycles. The summed E-state index contributed by atoms with van der Waals surface area (Å²) in [6, 6.07) is 3.84. The van der Waals surface area contributed by atoms with Crippen LogP contribution in [-0.4, -0.2) is 36.3 Å². The number of hydrogen-bond acceptors (Lipinski definition) is 3. The van der Waals surface area contributed by atoms with Crippen molar-refractivity contribution in [2.75, 3.05) is 19.6 Å². The van der Waals surface area contributed by atoms with E-state index in [2.05, 4.69) is 15.6 Å². The lowest BCUT2D eigenvalue weighted by Crippen LogP contribution is -2.40. The van der Waals surface area contributed by atoms with E-state index in [1.165, 1.54) is 0 Å². The summed E-state index contributed by atoms with van der Waals surface area (Å²) in [6.07, 6.45) is 3.90. The van der Waals surface area contributed by atoms with Crippen molar-refractivity contribution in [3.63, 3.8) is 0 Å². The highest BCUT2D eigenvalue weighted by Crippen LogP contribution is 2.14. The summed E-state index contributed by atoms with van der Waals surface area (Å²) in [5.41, 5.74) is -0.705. The zero-order valence-corrected chi connectivity index (χ0v) is 12.8. The monoisotopic (exact) mass is 281 g/mol. The fraction of sp³-hybridized carbons (Fsp3) is 0.667. The van der Waals surface area contributed by atoms with Crippen LogP contribution in [0.1, 0.15) is 39.4 Å². The SMILES string of the molecule is CCNC(=NCC(O)(CC)CC)NCCc1ccco1. The summed E-state index contributed by atoms with van der Waals surface area (Å²) in [4.78, 5) is 4.46. The fourth-order valence-corrected chi connectivity index (χ4v) is 1.80. The molecule has 0 aliphatic rings. The number of aliphatic imine (C=N–C) groups is 1. The van der Waals surface area contributed by atoms with Crippen LogP contribution in [0, 0.1) is 0 Å². The maximum atomic E-state index is 10.2. The molecule has 0 amide bonds. The van der Waals surface area contributed by atoms with Crippen LogP contribution >= 0.6 is 0 Å². The number of nitrogens with one attached hydrogen (secondary N) is 2. The van der Waals surface area contributed by atoms with Crippen molar-refractivity contribution in [1.82, 2.24) is 10.6 Å². The van der Waals surface area contributed by atoms with E-state index in [9.17, 15) is 5.11 Å². The number of furan rings is 1. The molecule has 5 heteroatoms. The van der Waals surface area contributed by atoms with E-state index in [0.717, 1.165) is 31.2 Å². The van der Waals surface area contributed by atoms with Crippen LogP contribution in [0.15, 0.2) is 27.8 Å². The zero-order valence-electron chi connectivity index (χ0n) is 12.8. The second-order valence-corrected chi connectivity index (χ2v) is 4.88. The largest absolute Gasteiger partial charge is 0.469 e. The van der Waals surface area contributed by atoms with Crippen molar-refractivity contribution < 1.29 is 9.52 Å². The van der Waals surface area contributed by atoms with Crippen molar-refractivity contribution >= 4 is 5.96 Å². The van der Waals surface area contributed by atoms with Gasteiger partial charge in [-0.05, 0) is 31.9 Å². The van der Waals surface area contributed by atoms with Crippen LogP contribution in [0.2, 0.25) is 0 Å². The molecule has 0 aliphatic carbocycles. The number of hydrogen-bond donors (Lipinski definition) is 3. The van der Waals surface area contributed by atoms with E-state index in [-0.39, 0.29) is 0 Å². The van der Waals surface area contributed by atoms with Crippen LogP contribution in [0.3, 0.4) is 0 Å². The van der Waals surface area contributed by atoms with Gasteiger partial charge in [0.1, 0.15) is 5.76 Å². The summed E-state index contributed by atoms with van der Waals surface area (Å²) in [5.74, 6) is 1.69. The minimum absolute atomic E-state index is 0.413. The Morgan fingerprint density at radius 3 is 2.60 bits per heavy atom. The Morgan fingerprint density at radius 1 is 1.30 bits per heavy atom. The molecule has 5 nitrogen and oxygen atoms in total. The predicted molar refractivity (Wildman–Crippen MR) is 81.9 cm³/mol. The van der Waals surface area contributed by atoms with Gasteiger partial charge in [-0.3, -0.25) is 4.99 Å². The first-order valence-electron chi connectivity index (χ1n) is 7.40. The Labute approximate surface area is 121 Å². The first kappa shape index (κ1) is 16.6. The minimum Gasteiger partial charge on any atom is -0.469 e. The van der Waals surface area contributed by atoms with E-state index >= 15 is 0 Å². The summed E-state index contributed by atoms with van der Waals surface area (Å²) in [6.45, 7) is 7.94. The maximum absolute atomic E-state index is 10.2. The van der Waals surface area contributed by atoms with Gasteiger partial charge >= 0.3 is 0 Å². The first-order valence-corrected chi connectivity index (χ1v) is 7.40. The molecule has 1 rings (SSSR count). The molecule has 0 aromatic carbocycles. The third kappa shape index (κ3) is 5.65. The second kappa shape index (κ2) is 8.64. The number of nitrogens with zero attached hydrogens (tertiary/aromatic N) is 1. The van der Waals surface area contributed by atoms with Crippen molar-refractivity contribution in [2.24, 2.45) is 4.99 Å². The lowest BCUT2D eigenvalue weighted by atomic mass is 9.98. The first-order chi connectivity index (χ1) is 9.63. The molecule has 114 valence electrons. The van der Waals surface area contributed by atoms with Crippen LogP contribution in [0.5, 0.6) is 0 Å². The summed E-state index contributed by atoms with van der Waals surface area (Å²) < 4.78 is 5.28. The molecule has 0 atom stereocenters. The lowest BCUT2D eigenvalue weighted by Gasteiger charge is -2.23. The van der Waals surface area contributed by atoms with Gasteiger partial charge in [0.2, 0.25) is 0 Å². The maximum Gasteiger partial charge on any atom is 0.191 e. The standard InChI is InChI=1S/C15H27N3O2/c1-4-15(19,5-2)12-18-14(16-6-3)17-10-9-13-8-7-11-20-13/h7-8,11,19H,4-6,9-10,12H2,1-3H3,(H2,16,17,18). The highest BCUT2D eigenvalue weighted by Gasteiger charge is 2.21. The topological polar surface area (TPSA) is 69.8 Å². The van der Waals surface area contributed by atoms with Crippen molar-refractivity contribution in [1.29, 1.82) is 0 Å². The molecule has 1 heterocycles. The van der Waals surface area contributed by atoms with Gasteiger partial charge in [-0.1, -0.05) is 13.8 Å². The third-order valence-corrected chi connectivity index (χ3v) is 3.44. The molecule has 0 radical (unpaired) electrons. The van der Waals surface area contributed by atoms with Crippen molar-refractivity contribution in [2.45, 2.75) is 45.6 Å². The average Bonchev–Trinajstić information content (AvgIpc) is 2.97. The van der Waals surface area contributed by atoms with E-state index < -0.39 is 5.60 Å². The third-order valence-electron chi connectivity index (χ3n) is 3.44. The molecule has 1 aromatic rings. The van der Waals surface area contributed by atoms with Gasteiger partial charge in [-0.25, -0.2) is 0 Å². The van der Waals surface area contributed by atoms with Gasteiger partial charge in [-0.2, -0.15) is 0 Å². The van der Waals surface area contributed by atoms with Crippen LogP contribution in [-0.2, 0) is 6.42 Å². The molecule has 0 saturated heterocycles. The molecule has 0 bridgehead atoms. The average molecular weight is 281 g/mol. The summed E-state index contributed by atoms with van der Waals surface area (Å²) in [7, 11) is 0. The van der Waals surface area contributed by atoms with Gasteiger partial charge in [-0.15, -0.1) is 0 Å². The lowest BCUT2D eigenvalue weighted by molar-refractivity contribution is 0.0418. The molecule has 3 N–H and O–H groups in total. The zero-order chi connectivity index (χ0) is 14.8. The normalized spacial score (nSPS) is 12.5. The Morgan fingerprint density at radius 2 is 2.05 bits per heavy atom. The van der Waals surface area contributed by atoms with E-state index in [4.69, 9.17) is 4.42 Å². The Bertz CT molecular complexity index is 384.